The van der Waals surface area contributed by atoms with Crippen LogP contribution in [0.25, 0.3) is 0 Å². The van der Waals surface area contributed by atoms with Gasteiger partial charge in [0.2, 0.25) is 0 Å². The van der Waals surface area contributed by atoms with Crippen LogP contribution >= 0.6 is 15.9 Å². The number of morpholine rings is 1. The van der Waals surface area contributed by atoms with Crippen molar-refractivity contribution in [3.05, 3.63) is 16.1 Å². The van der Waals surface area contributed by atoms with E-state index in [4.69, 9.17) is 4.74 Å². The molecule has 5 nitrogen and oxygen atoms in total. The number of aromatic nitrogens is 2. The highest BCUT2D eigenvalue weighted by atomic mass is 79.9. The molecular formula is C11H14BrF3N4O. The number of hydrogen-bond acceptors (Lipinski definition) is 3. The van der Waals surface area contributed by atoms with Gasteiger partial charge in [-0.25, -0.2) is 4.98 Å². The number of amidine groups is 1. The molecule has 112 valence electrons. The lowest BCUT2D eigenvalue weighted by atomic mass is 10.3. The lowest BCUT2D eigenvalue weighted by molar-refractivity contribution is -0.141. The topological polar surface area (TPSA) is 42.7 Å². The van der Waals surface area contributed by atoms with E-state index in [1.165, 1.54) is 11.6 Å². The van der Waals surface area contributed by atoms with Crippen LogP contribution in [-0.4, -0.2) is 53.6 Å². The van der Waals surface area contributed by atoms with Crippen LogP contribution in [0.3, 0.4) is 0 Å². The van der Waals surface area contributed by atoms with Gasteiger partial charge in [0.15, 0.2) is 17.4 Å². The lowest BCUT2D eigenvalue weighted by Gasteiger charge is -2.29. The van der Waals surface area contributed by atoms with Gasteiger partial charge in [0.05, 0.1) is 13.2 Å². The molecule has 0 unspecified atom stereocenters. The van der Waals surface area contributed by atoms with E-state index in [1.54, 1.807) is 7.05 Å². The first kappa shape index (κ1) is 15.3. The molecule has 0 aromatic carbocycles. The smallest absolute Gasteiger partial charge is 0.378 e. The van der Waals surface area contributed by atoms with Crippen molar-refractivity contribution in [2.24, 2.45) is 12.0 Å². The molecule has 1 aromatic rings. The average molecular weight is 355 g/mol. The summed E-state index contributed by atoms with van der Waals surface area (Å²) in [6.45, 7) is 2.21. The van der Waals surface area contributed by atoms with Crippen molar-refractivity contribution in [1.29, 1.82) is 0 Å². The second-order valence-corrected chi connectivity index (χ2v) is 5.03. The molecule has 0 amide bonds. The van der Waals surface area contributed by atoms with Gasteiger partial charge in [-0.3, -0.25) is 4.99 Å². The van der Waals surface area contributed by atoms with Crippen molar-refractivity contribution < 1.29 is 17.9 Å². The Bertz CT molecular complexity index is 520. The molecule has 9 heteroatoms. The molecule has 1 aromatic heterocycles. The molecule has 1 aliphatic heterocycles. The largest absolute Gasteiger partial charge is 0.436 e. The van der Waals surface area contributed by atoms with E-state index in [9.17, 15) is 13.2 Å². The molecular weight excluding hydrogens is 341 g/mol. The summed E-state index contributed by atoms with van der Waals surface area (Å²) in [6.07, 6.45) is -4.50. The Balaban J connectivity index is 2.41. The summed E-state index contributed by atoms with van der Waals surface area (Å²) < 4.78 is 45.1. The molecule has 0 spiro atoms. The van der Waals surface area contributed by atoms with Crippen molar-refractivity contribution in [3.63, 3.8) is 0 Å². The minimum absolute atomic E-state index is 0.102. The van der Waals surface area contributed by atoms with Crippen LogP contribution < -0.4 is 0 Å². The maximum absolute atomic E-state index is 12.9. The second-order valence-electron chi connectivity index (χ2n) is 4.28. The molecule has 0 aliphatic carbocycles. The zero-order valence-corrected chi connectivity index (χ0v) is 12.6. The van der Waals surface area contributed by atoms with Gasteiger partial charge in [-0.2, -0.15) is 13.2 Å². The fourth-order valence-corrected chi connectivity index (χ4v) is 2.50. The summed E-state index contributed by atoms with van der Waals surface area (Å²) in [7, 11) is 3.06. The minimum atomic E-state index is -4.50. The number of rotatable bonds is 1. The lowest BCUT2D eigenvalue weighted by Crippen LogP contribution is -2.42. The summed E-state index contributed by atoms with van der Waals surface area (Å²) in [5, 5.41) is 0. The Labute approximate surface area is 122 Å². The zero-order chi connectivity index (χ0) is 14.9. The fourth-order valence-electron chi connectivity index (χ4n) is 2.02. The quantitative estimate of drug-likeness (QED) is 0.571. The van der Waals surface area contributed by atoms with Gasteiger partial charge in [0.1, 0.15) is 4.60 Å². The van der Waals surface area contributed by atoms with E-state index in [0.717, 1.165) is 0 Å². The third-order valence-electron chi connectivity index (χ3n) is 3.02. The van der Waals surface area contributed by atoms with Crippen LogP contribution in [0.1, 0.15) is 11.5 Å². The van der Waals surface area contributed by atoms with Gasteiger partial charge >= 0.3 is 6.18 Å². The number of hydrogen-bond donors (Lipinski definition) is 0. The van der Waals surface area contributed by atoms with Crippen LogP contribution in [0.2, 0.25) is 0 Å². The molecule has 0 saturated carbocycles. The highest BCUT2D eigenvalue weighted by Crippen LogP contribution is 2.34. The van der Waals surface area contributed by atoms with Crippen LogP contribution in [0.4, 0.5) is 13.2 Å². The van der Waals surface area contributed by atoms with E-state index >= 15 is 0 Å². The first-order valence-electron chi connectivity index (χ1n) is 5.95. The van der Waals surface area contributed by atoms with Crippen molar-refractivity contribution in [1.82, 2.24) is 14.5 Å². The van der Waals surface area contributed by atoms with Gasteiger partial charge in [-0.1, -0.05) is 0 Å². The van der Waals surface area contributed by atoms with Crippen molar-refractivity contribution >= 4 is 21.8 Å². The average Bonchev–Trinajstić information content (AvgIpc) is 2.69. The number of nitrogens with zero attached hydrogens (tertiary/aromatic N) is 4. The molecule has 1 saturated heterocycles. The first-order chi connectivity index (χ1) is 9.36. The summed E-state index contributed by atoms with van der Waals surface area (Å²) in [5.74, 6) is 0.626. The Morgan fingerprint density at radius 2 is 1.95 bits per heavy atom. The minimum Gasteiger partial charge on any atom is -0.378 e. The van der Waals surface area contributed by atoms with E-state index < -0.39 is 11.9 Å². The Morgan fingerprint density at radius 1 is 1.35 bits per heavy atom. The number of halogens is 4. The predicted molar refractivity (Wildman–Crippen MR) is 70.8 cm³/mol. The fraction of sp³-hybridized carbons (Fsp3) is 0.636. The monoisotopic (exact) mass is 354 g/mol. The second kappa shape index (κ2) is 5.72. The summed E-state index contributed by atoms with van der Waals surface area (Å²) in [5.41, 5.74) is -0.940. The van der Waals surface area contributed by atoms with Crippen molar-refractivity contribution in [2.75, 3.05) is 33.4 Å². The summed E-state index contributed by atoms with van der Waals surface area (Å²) in [4.78, 5) is 9.67. The number of aliphatic imine (C=N–C) groups is 1. The van der Waals surface area contributed by atoms with Gasteiger partial charge in [-0.15, -0.1) is 0 Å². The van der Waals surface area contributed by atoms with E-state index in [0.29, 0.717) is 32.1 Å². The highest BCUT2D eigenvalue weighted by Gasteiger charge is 2.39. The van der Waals surface area contributed by atoms with Crippen molar-refractivity contribution in [3.8, 4) is 0 Å². The molecule has 20 heavy (non-hydrogen) atoms. The van der Waals surface area contributed by atoms with Crippen molar-refractivity contribution in [2.45, 2.75) is 6.18 Å². The van der Waals surface area contributed by atoms with Crippen LogP contribution in [0.15, 0.2) is 9.60 Å². The Kier molecular flexibility index (Phi) is 4.38. The van der Waals surface area contributed by atoms with Crippen LogP contribution in [0.5, 0.6) is 0 Å². The molecule has 1 fully saturated rings. The molecule has 0 N–H and O–H groups in total. The SMILES string of the molecule is C/N=C(\c1nc(C(F)(F)F)c(Br)n1C)N1CCOCC1. The van der Waals surface area contributed by atoms with Gasteiger partial charge in [0, 0.05) is 27.2 Å². The maximum Gasteiger partial charge on any atom is 0.436 e. The van der Waals surface area contributed by atoms with E-state index in [-0.39, 0.29) is 10.4 Å². The number of alkyl halides is 3. The number of imidazole rings is 1. The summed E-state index contributed by atoms with van der Waals surface area (Å²) >= 11 is 2.94. The Morgan fingerprint density at radius 3 is 2.40 bits per heavy atom. The Hall–Kier alpha value is -1.09. The zero-order valence-electron chi connectivity index (χ0n) is 11.0. The standard InChI is InChI=1S/C11H14BrF3N4O/c1-16-9(19-3-5-20-6-4-19)10-17-7(11(13,14)15)8(12)18(10)2/h3-6H2,1-2H3/b16-9+. The third kappa shape index (κ3) is 2.83. The first-order valence-corrected chi connectivity index (χ1v) is 6.74. The van der Waals surface area contributed by atoms with E-state index in [2.05, 4.69) is 25.9 Å². The molecule has 0 bridgehead atoms. The van der Waals surface area contributed by atoms with E-state index in [1.807, 2.05) is 4.90 Å². The predicted octanol–water partition coefficient (Wildman–Crippen LogP) is 1.91. The highest BCUT2D eigenvalue weighted by molar-refractivity contribution is 9.10. The summed E-state index contributed by atoms with van der Waals surface area (Å²) in [6, 6.07) is 0. The molecule has 0 atom stereocenters. The molecule has 2 heterocycles. The molecule has 2 rings (SSSR count). The maximum atomic E-state index is 12.9. The normalized spacial score (nSPS) is 17.7. The van der Waals surface area contributed by atoms with Crippen LogP contribution in [0, 0.1) is 0 Å². The van der Waals surface area contributed by atoms with Gasteiger partial charge in [-0.05, 0) is 15.9 Å². The third-order valence-corrected chi connectivity index (χ3v) is 3.92. The van der Waals surface area contributed by atoms with Gasteiger partial charge in [0.25, 0.3) is 0 Å². The molecule has 0 radical (unpaired) electrons. The number of ether oxygens (including phenoxy) is 1. The molecule has 1 aliphatic rings. The van der Waals surface area contributed by atoms with Gasteiger partial charge < -0.3 is 14.2 Å². The van der Waals surface area contributed by atoms with Crippen LogP contribution in [-0.2, 0) is 18.0 Å².